The monoisotopic (exact) mass is 476 g/mol. The molecule has 162 valence electrons. The maximum atomic E-state index is 13.9. The van der Waals surface area contributed by atoms with Gasteiger partial charge in [-0.15, -0.1) is 22.7 Å². The number of sulfonamides is 1. The molecule has 0 unspecified atom stereocenters. The molecule has 0 bridgehead atoms. The summed E-state index contributed by atoms with van der Waals surface area (Å²) in [5.74, 6) is -0.381. The quantitative estimate of drug-likeness (QED) is 0.529. The van der Waals surface area contributed by atoms with E-state index in [1.54, 1.807) is 46.7 Å². The minimum Gasteiger partial charge on any atom is -0.339 e. The van der Waals surface area contributed by atoms with Crippen molar-refractivity contribution >= 4 is 44.7 Å². The molecule has 3 heterocycles. The van der Waals surface area contributed by atoms with E-state index in [9.17, 15) is 17.6 Å². The van der Waals surface area contributed by atoms with Crippen LogP contribution in [0.15, 0.2) is 64.2 Å². The predicted octanol–water partition coefficient (Wildman–Crippen LogP) is 4.60. The number of hydrogen-bond donors (Lipinski definition) is 1. The van der Waals surface area contributed by atoms with Crippen LogP contribution < -0.4 is 4.72 Å². The third-order valence-electron chi connectivity index (χ3n) is 5.04. The number of nitrogens with zero attached hydrogens (tertiary/aromatic N) is 1. The van der Waals surface area contributed by atoms with Gasteiger partial charge in [-0.05, 0) is 48.6 Å². The molecule has 0 aliphatic carbocycles. The van der Waals surface area contributed by atoms with Crippen molar-refractivity contribution in [2.75, 3.05) is 13.1 Å². The normalized spacial score (nSPS) is 15.6. The highest BCUT2D eigenvalue weighted by molar-refractivity contribution is 7.91. The van der Waals surface area contributed by atoms with Gasteiger partial charge in [-0.1, -0.05) is 24.3 Å². The zero-order valence-electron chi connectivity index (χ0n) is 16.5. The largest absolute Gasteiger partial charge is 0.339 e. The molecule has 0 spiro atoms. The fourth-order valence-electron chi connectivity index (χ4n) is 3.42. The van der Waals surface area contributed by atoms with Crippen molar-refractivity contribution in [3.63, 3.8) is 0 Å². The molecule has 2 aromatic heterocycles. The Morgan fingerprint density at radius 3 is 2.58 bits per heavy atom. The van der Waals surface area contributed by atoms with Crippen LogP contribution in [0.5, 0.6) is 0 Å². The van der Waals surface area contributed by atoms with Crippen molar-refractivity contribution in [1.29, 1.82) is 0 Å². The topological polar surface area (TPSA) is 66.5 Å². The summed E-state index contributed by atoms with van der Waals surface area (Å²) in [4.78, 5) is 15.9. The molecule has 9 heteroatoms. The van der Waals surface area contributed by atoms with E-state index in [4.69, 9.17) is 0 Å². The van der Waals surface area contributed by atoms with Crippen LogP contribution in [0.3, 0.4) is 0 Å². The lowest BCUT2D eigenvalue weighted by molar-refractivity contribution is -0.126. The van der Waals surface area contributed by atoms with Gasteiger partial charge < -0.3 is 4.90 Å². The van der Waals surface area contributed by atoms with E-state index >= 15 is 0 Å². The number of carbonyl (C=O) groups excluding carboxylic acids is 1. The van der Waals surface area contributed by atoms with Gasteiger partial charge >= 0.3 is 0 Å². The molecule has 31 heavy (non-hydrogen) atoms. The smallest absolute Gasteiger partial charge is 0.250 e. The van der Waals surface area contributed by atoms with Crippen LogP contribution in [-0.4, -0.2) is 38.4 Å². The van der Waals surface area contributed by atoms with Gasteiger partial charge in [-0.2, -0.15) is 0 Å². The number of likely N-dealkylation sites (tertiary alicyclic amines) is 1. The summed E-state index contributed by atoms with van der Waals surface area (Å²) in [5.41, 5.74) is 0.547. The first-order chi connectivity index (χ1) is 14.9. The molecule has 1 aromatic carbocycles. The molecule has 0 saturated carbocycles. The van der Waals surface area contributed by atoms with Crippen LogP contribution in [-0.2, 0) is 14.8 Å². The number of carbonyl (C=O) groups is 1. The minimum atomic E-state index is -3.50. The number of piperidine rings is 1. The van der Waals surface area contributed by atoms with Gasteiger partial charge in [0.1, 0.15) is 10.0 Å². The molecule has 1 amide bonds. The molecule has 1 saturated heterocycles. The average Bonchev–Trinajstić information content (AvgIpc) is 3.45. The first-order valence-electron chi connectivity index (χ1n) is 9.80. The van der Waals surface area contributed by atoms with E-state index in [2.05, 4.69) is 4.72 Å². The van der Waals surface area contributed by atoms with E-state index in [0.29, 0.717) is 35.7 Å². The Hall–Kier alpha value is -2.33. The number of hydrogen-bond acceptors (Lipinski definition) is 5. The second-order valence-electron chi connectivity index (χ2n) is 7.17. The number of thiophene rings is 2. The SMILES string of the molecule is O=C(/C=C/c1ccc(-c2ccccc2F)s1)N1CCC(NS(=O)(=O)c2cccs2)CC1. The first-order valence-corrected chi connectivity index (χ1v) is 13.0. The van der Waals surface area contributed by atoms with Crippen LogP contribution in [0.4, 0.5) is 4.39 Å². The summed E-state index contributed by atoms with van der Waals surface area (Å²) in [7, 11) is -3.50. The van der Waals surface area contributed by atoms with Crippen molar-refractivity contribution in [2.24, 2.45) is 0 Å². The van der Waals surface area contributed by atoms with Gasteiger partial charge in [0.05, 0.1) is 0 Å². The minimum absolute atomic E-state index is 0.111. The van der Waals surface area contributed by atoms with Crippen molar-refractivity contribution < 1.29 is 17.6 Å². The van der Waals surface area contributed by atoms with Gasteiger partial charge in [-0.25, -0.2) is 17.5 Å². The Labute approximate surface area is 188 Å². The van der Waals surface area contributed by atoms with Crippen LogP contribution >= 0.6 is 22.7 Å². The molecule has 4 rings (SSSR count). The summed E-state index contributed by atoms with van der Waals surface area (Å²) < 4.78 is 41.7. The van der Waals surface area contributed by atoms with Gasteiger partial charge in [0.15, 0.2) is 0 Å². The fraction of sp³-hybridized carbons (Fsp3) is 0.227. The highest BCUT2D eigenvalue weighted by Crippen LogP contribution is 2.30. The highest BCUT2D eigenvalue weighted by Gasteiger charge is 2.26. The molecule has 5 nitrogen and oxygen atoms in total. The Balaban J connectivity index is 1.31. The number of nitrogens with one attached hydrogen (secondary N) is 1. The number of benzene rings is 1. The summed E-state index contributed by atoms with van der Waals surface area (Å²) in [6, 6.07) is 13.4. The average molecular weight is 477 g/mol. The second kappa shape index (κ2) is 9.44. The van der Waals surface area contributed by atoms with Crippen molar-refractivity contribution in [1.82, 2.24) is 9.62 Å². The second-order valence-corrected chi connectivity index (χ2v) is 11.2. The lowest BCUT2D eigenvalue weighted by Crippen LogP contribution is -2.46. The number of halogens is 1. The van der Waals surface area contributed by atoms with Crippen LogP contribution in [0, 0.1) is 5.82 Å². The Morgan fingerprint density at radius 1 is 1.10 bits per heavy atom. The third-order valence-corrected chi connectivity index (χ3v) is 9.05. The van der Waals surface area contributed by atoms with Gasteiger partial charge in [0.25, 0.3) is 0 Å². The van der Waals surface area contributed by atoms with E-state index < -0.39 is 10.0 Å². The third kappa shape index (κ3) is 5.30. The van der Waals surface area contributed by atoms with Crippen LogP contribution in [0.1, 0.15) is 17.7 Å². The highest BCUT2D eigenvalue weighted by atomic mass is 32.2. The molecule has 3 aromatic rings. The summed E-state index contributed by atoms with van der Waals surface area (Å²) in [5, 5.41) is 1.73. The van der Waals surface area contributed by atoms with Crippen molar-refractivity contribution in [3.05, 3.63) is 70.7 Å². The summed E-state index contributed by atoms with van der Waals surface area (Å²) in [6.07, 6.45) is 4.40. The van der Waals surface area contributed by atoms with E-state index in [0.717, 1.165) is 9.75 Å². The number of rotatable bonds is 6. The van der Waals surface area contributed by atoms with Gasteiger partial charge in [-0.3, -0.25) is 4.79 Å². The molecule has 0 radical (unpaired) electrons. The zero-order valence-corrected chi connectivity index (χ0v) is 19.0. The first kappa shape index (κ1) is 21.9. The molecular weight excluding hydrogens is 455 g/mol. The van der Waals surface area contributed by atoms with E-state index in [1.165, 1.54) is 34.8 Å². The molecule has 1 aliphatic heterocycles. The molecule has 0 atom stereocenters. The summed E-state index contributed by atoms with van der Waals surface area (Å²) >= 11 is 2.61. The standard InChI is InChI=1S/C22H21FN2O3S3/c23-19-5-2-1-4-18(19)20-9-7-17(30-20)8-10-21(26)25-13-11-16(12-14-25)24-31(27,28)22-6-3-15-29-22/h1-10,15-16,24H,11-14H2/b10-8+. The van der Waals surface area contributed by atoms with E-state index in [1.807, 2.05) is 12.1 Å². The van der Waals surface area contributed by atoms with Crippen molar-refractivity contribution in [3.8, 4) is 10.4 Å². The maximum Gasteiger partial charge on any atom is 0.250 e. The summed E-state index contributed by atoms with van der Waals surface area (Å²) in [6.45, 7) is 0.984. The van der Waals surface area contributed by atoms with Gasteiger partial charge in [0.2, 0.25) is 15.9 Å². The maximum absolute atomic E-state index is 13.9. The predicted molar refractivity (Wildman–Crippen MR) is 123 cm³/mol. The zero-order chi connectivity index (χ0) is 21.8. The van der Waals surface area contributed by atoms with E-state index in [-0.39, 0.29) is 17.8 Å². The Kier molecular flexibility index (Phi) is 6.66. The van der Waals surface area contributed by atoms with Gasteiger partial charge in [0, 0.05) is 40.5 Å². The molecule has 1 fully saturated rings. The van der Waals surface area contributed by atoms with Crippen LogP contribution in [0.2, 0.25) is 0 Å². The number of amides is 1. The van der Waals surface area contributed by atoms with Crippen LogP contribution in [0.25, 0.3) is 16.5 Å². The Bertz CT molecular complexity index is 1180. The molecule has 1 N–H and O–H groups in total. The molecular formula is C22H21FN2O3S3. The lowest BCUT2D eigenvalue weighted by atomic mass is 10.1. The van der Waals surface area contributed by atoms with Crippen molar-refractivity contribution in [2.45, 2.75) is 23.1 Å². The lowest BCUT2D eigenvalue weighted by Gasteiger charge is -2.31. The molecule has 1 aliphatic rings. The Morgan fingerprint density at radius 2 is 1.87 bits per heavy atom. The fourth-order valence-corrected chi connectivity index (χ4v) is 6.67.